The van der Waals surface area contributed by atoms with Gasteiger partial charge in [0.1, 0.15) is 12.4 Å². The Labute approximate surface area is 194 Å². The highest BCUT2D eigenvalue weighted by molar-refractivity contribution is 5.91. The largest absolute Gasteiger partial charge is 0.488 e. The summed E-state index contributed by atoms with van der Waals surface area (Å²) in [7, 11) is 0. The van der Waals surface area contributed by atoms with E-state index in [1.54, 1.807) is 6.07 Å². The van der Waals surface area contributed by atoms with Crippen LogP contribution in [0.3, 0.4) is 0 Å². The van der Waals surface area contributed by atoms with Crippen LogP contribution >= 0.6 is 0 Å². The minimum absolute atomic E-state index is 0.0559. The smallest absolute Gasteiger partial charge is 0.416 e. The predicted octanol–water partition coefficient (Wildman–Crippen LogP) is 6.83. The minimum Gasteiger partial charge on any atom is -0.488 e. The molecule has 0 spiro atoms. The highest BCUT2D eigenvalue weighted by Gasteiger charge is 2.30. The van der Waals surface area contributed by atoms with E-state index >= 15 is 0 Å². The number of halogens is 3. The zero-order valence-electron chi connectivity index (χ0n) is 18.4. The number of aryl methyl sites for hydroxylation is 2. The molecule has 0 fully saturated rings. The van der Waals surface area contributed by atoms with Crippen molar-refractivity contribution in [3.8, 4) is 17.0 Å². The molecule has 0 aliphatic rings. The highest BCUT2D eigenvalue weighted by atomic mass is 19.4. The number of ether oxygens (including phenoxy) is 1. The maximum atomic E-state index is 12.8. The van der Waals surface area contributed by atoms with Gasteiger partial charge in [-0.2, -0.15) is 13.2 Å². The Bertz CT molecular complexity index is 1330. The van der Waals surface area contributed by atoms with E-state index < -0.39 is 17.7 Å². The summed E-state index contributed by atoms with van der Waals surface area (Å²) in [4.78, 5) is 15.5. The average molecular weight is 465 g/mol. The maximum absolute atomic E-state index is 12.8. The number of aromatic nitrogens is 1. The van der Waals surface area contributed by atoms with Crippen molar-refractivity contribution in [3.63, 3.8) is 0 Å². The third-order valence-corrected chi connectivity index (χ3v) is 5.67. The fraction of sp³-hybridized carbons (Fsp3) is 0.185. The summed E-state index contributed by atoms with van der Waals surface area (Å²) in [5, 5.41) is 10.9. The zero-order chi connectivity index (χ0) is 24.3. The summed E-state index contributed by atoms with van der Waals surface area (Å²) in [6, 6.07) is 20.0. The van der Waals surface area contributed by atoms with Gasteiger partial charge in [-0.3, -0.25) is 9.78 Å². The van der Waals surface area contributed by atoms with Gasteiger partial charge >= 0.3 is 12.1 Å². The van der Waals surface area contributed by atoms with E-state index in [-0.39, 0.29) is 13.0 Å². The number of benzene rings is 3. The fourth-order valence-corrected chi connectivity index (χ4v) is 3.81. The molecule has 0 radical (unpaired) electrons. The van der Waals surface area contributed by atoms with Crippen molar-refractivity contribution < 1.29 is 27.8 Å². The lowest BCUT2D eigenvalue weighted by atomic mass is 10.00. The first-order valence-corrected chi connectivity index (χ1v) is 10.7. The van der Waals surface area contributed by atoms with Crippen molar-refractivity contribution in [1.82, 2.24) is 4.98 Å². The van der Waals surface area contributed by atoms with Crippen molar-refractivity contribution in [3.05, 3.63) is 95.2 Å². The first-order valence-electron chi connectivity index (χ1n) is 10.7. The van der Waals surface area contributed by atoms with Gasteiger partial charge in [0.2, 0.25) is 0 Å². The lowest BCUT2D eigenvalue weighted by molar-refractivity contribution is -0.138. The molecule has 0 saturated carbocycles. The quantitative estimate of drug-likeness (QED) is 0.325. The second-order valence-corrected chi connectivity index (χ2v) is 7.97. The van der Waals surface area contributed by atoms with E-state index in [0.29, 0.717) is 23.4 Å². The molecule has 174 valence electrons. The van der Waals surface area contributed by atoms with Gasteiger partial charge in [-0.25, -0.2) is 0 Å². The summed E-state index contributed by atoms with van der Waals surface area (Å²) >= 11 is 0. The van der Waals surface area contributed by atoms with E-state index in [1.165, 1.54) is 12.1 Å². The van der Waals surface area contributed by atoms with Gasteiger partial charge in [0.15, 0.2) is 0 Å². The molecule has 7 heteroatoms. The number of pyridine rings is 1. The molecule has 34 heavy (non-hydrogen) atoms. The molecular weight excluding hydrogens is 443 g/mol. The summed E-state index contributed by atoms with van der Waals surface area (Å²) in [6.07, 6.45) is -3.88. The molecule has 0 bridgehead atoms. The topological polar surface area (TPSA) is 59.4 Å². The summed E-state index contributed by atoms with van der Waals surface area (Å²) in [5.41, 5.74) is 3.02. The van der Waals surface area contributed by atoms with Crippen molar-refractivity contribution >= 4 is 16.7 Å². The number of alkyl halides is 3. The summed E-state index contributed by atoms with van der Waals surface area (Å²) in [5.74, 6) is -0.159. The third-order valence-electron chi connectivity index (χ3n) is 5.67. The van der Waals surface area contributed by atoms with Gasteiger partial charge < -0.3 is 9.84 Å². The number of carboxylic acid groups (broad SMARTS) is 1. The molecule has 0 aliphatic carbocycles. The van der Waals surface area contributed by atoms with Crippen LogP contribution < -0.4 is 4.74 Å². The third kappa shape index (κ3) is 5.20. The molecule has 0 unspecified atom stereocenters. The molecule has 1 aromatic heterocycles. The number of carbonyl (C=O) groups is 1. The normalized spacial score (nSPS) is 11.5. The number of hydrogen-bond acceptors (Lipinski definition) is 3. The number of carboxylic acids is 1. The van der Waals surface area contributed by atoms with Crippen molar-refractivity contribution in [2.24, 2.45) is 0 Å². The van der Waals surface area contributed by atoms with Gasteiger partial charge in [-0.1, -0.05) is 48.5 Å². The van der Waals surface area contributed by atoms with Gasteiger partial charge in [0.05, 0.1) is 11.3 Å². The zero-order valence-corrected chi connectivity index (χ0v) is 18.4. The van der Waals surface area contributed by atoms with Crippen LogP contribution in [0.2, 0.25) is 0 Å². The molecule has 0 aliphatic heterocycles. The molecule has 4 rings (SSSR count). The number of aliphatic carboxylic acids is 1. The Hall–Kier alpha value is -3.87. The van der Waals surface area contributed by atoms with Crippen LogP contribution in [0.15, 0.2) is 72.8 Å². The minimum atomic E-state index is -4.37. The van der Waals surface area contributed by atoms with Crippen LogP contribution in [0.4, 0.5) is 13.2 Å². The SMILES string of the molecule is Cc1nc(-c2ccc(C(F)(F)F)cc2)ccc1COc1ccc(CCC(=O)O)c2ccccc12. The Balaban J connectivity index is 1.52. The van der Waals surface area contributed by atoms with Crippen LogP contribution in [0.1, 0.15) is 28.8 Å². The Morgan fingerprint density at radius 2 is 1.59 bits per heavy atom. The van der Waals surface area contributed by atoms with Gasteiger partial charge in [0, 0.05) is 28.6 Å². The fourth-order valence-electron chi connectivity index (χ4n) is 3.81. The van der Waals surface area contributed by atoms with E-state index in [9.17, 15) is 18.0 Å². The first kappa shape index (κ1) is 23.3. The van der Waals surface area contributed by atoms with Crippen molar-refractivity contribution in [1.29, 1.82) is 0 Å². The molecule has 0 saturated heterocycles. The average Bonchev–Trinajstić information content (AvgIpc) is 2.81. The van der Waals surface area contributed by atoms with E-state index in [0.717, 1.165) is 39.7 Å². The van der Waals surface area contributed by atoms with Crippen LogP contribution in [0.25, 0.3) is 22.0 Å². The molecule has 0 atom stereocenters. The van der Waals surface area contributed by atoms with Crippen molar-refractivity contribution in [2.75, 3.05) is 0 Å². The number of nitrogens with zero attached hydrogens (tertiary/aromatic N) is 1. The van der Waals surface area contributed by atoms with Crippen LogP contribution in [0.5, 0.6) is 5.75 Å². The molecule has 1 heterocycles. The Kier molecular flexibility index (Phi) is 6.54. The second kappa shape index (κ2) is 9.55. The van der Waals surface area contributed by atoms with Crippen LogP contribution in [-0.4, -0.2) is 16.1 Å². The number of rotatable bonds is 7. The molecule has 4 aromatic rings. The molecule has 3 aromatic carbocycles. The Morgan fingerprint density at radius 3 is 2.24 bits per heavy atom. The molecular formula is C27H22F3NO3. The van der Waals surface area contributed by atoms with E-state index in [4.69, 9.17) is 9.84 Å². The first-order chi connectivity index (χ1) is 16.2. The molecule has 0 amide bonds. The van der Waals surface area contributed by atoms with Gasteiger partial charge in [0.25, 0.3) is 0 Å². The predicted molar refractivity (Wildman–Crippen MR) is 124 cm³/mol. The highest BCUT2D eigenvalue weighted by Crippen LogP contribution is 2.32. The maximum Gasteiger partial charge on any atom is 0.416 e. The molecule has 4 nitrogen and oxygen atoms in total. The molecule has 1 N–H and O–H groups in total. The number of hydrogen-bond donors (Lipinski definition) is 1. The lowest BCUT2D eigenvalue weighted by Gasteiger charge is -2.14. The lowest BCUT2D eigenvalue weighted by Crippen LogP contribution is -2.04. The van der Waals surface area contributed by atoms with Crippen LogP contribution in [0, 0.1) is 6.92 Å². The van der Waals surface area contributed by atoms with E-state index in [2.05, 4.69) is 4.98 Å². The van der Waals surface area contributed by atoms with E-state index in [1.807, 2.05) is 49.4 Å². The second-order valence-electron chi connectivity index (χ2n) is 7.97. The van der Waals surface area contributed by atoms with Gasteiger partial charge in [-0.05, 0) is 48.6 Å². The summed E-state index contributed by atoms with van der Waals surface area (Å²) in [6.45, 7) is 2.10. The summed E-state index contributed by atoms with van der Waals surface area (Å²) < 4.78 is 44.5. The number of fused-ring (bicyclic) bond motifs is 1. The standard InChI is InChI=1S/C27H22F3NO3/c1-17-20(8-13-24(31-17)19-6-11-21(12-7-19)27(28,29)30)16-34-25-14-9-18(10-15-26(32)33)22-4-2-3-5-23(22)25/h2-9,11-14H,10,15-16H2,1H3,(H,32,33). The van der Waals surface area contributed by atoms with Crippen LogP contribution in [-0.2, 0) is 24.0 Å². The monoisotopic (exact) mass is 465 g/mol. The Morgan fingerprint density at radius 1 is 0.912 bits per heavy atom. The van der Waals surface area contributed by atoms with Gasteiger partial charge in [-0.15, -0.1) is 0 Å². The van der Waals surface area contributed by atoms with Crippen molar-refractivity contribution in [2.45, 2.75) is 32.5 Å².